The number of nitrogens with zero attached hydrogens (tertiary/aromatic N) is 2. The van der Waals surface area contributed by atoms with Crippen LogP contribution in [0.1, 0.15) is 10.5 Å². The molecule has 2 rings (SSSR count). The van der Waals surface area contributed by atoms with Crippen molar-refractivity contribution in [3.8, 4) is 0 Å². The highest BCUT2D eigenvalue weighted by Gasteiger charge is 2.10. The first kappa shape index (κ1) is 11.9. The van der Waals surface area contributed by atoms with E-state index in [4.69, 9.17) is 5.84 Å². The van der Waals surface area contributed by atoms with Crippen molar-refractivity contribution in [2.45, 2.75) is 0 Å². The molecule has 92 valence electrons. The van der Waals surface area contributed by atoms with Crippen molar-refractivity contribution in [1.82, 2.24) is 10.2 Å². The lowest BCUT2D eigenvalue weighted by atomic mass is 10.3. The van der Waals surface area contributed by atoms with Gasteiger partial charge in [-0.25, -0.2) is 10.2 Å². The van der Waals surface area contributed by atoms with Gasteiger partial charge < -0.3 is 10.7 Å². The molecular weight excluding hydrogens is 237 g/mol. The predicted octanol–water partition coefficient (Wildman–Crippen LogP) is 1.15. The van der Waals surface area contributed by atoms with Crippen LogP contribution in [0.2, 0.25) is 0 Å². The first-order chi connectivity index (χ1) is 8.70. The Bertz CT molecular complexity index is 558. The molecule has 6 nitrogen and oxygen atoms in total. The summed E-state index contributed by atoms with van der Waals surface area (Å²) in [5, 5.41) is 9.69. The lowest BCUT2D eigenvalue weighted by Gasteiger charge is -2.05. The molecule has 1 heterocycles. The average molecular weight is 247 g/mol. The number of benzene rings is 1. The lowest BCUT2D eigenvalue weighted by Crippen LogP contribution is -2.16. The van der Waals surface area contributed by atoms with Crippen LogP contribution < -0.4 is 16.6 Å². The molecule has 18 heavy (non-hydrogen) atoms. The van der Waals surface area contributed by atoms with Crippen molar-refractivity contribution in [3.05, 3.63) is 47.9 Å². The van der Waals surface area contributed by atoms with Crippen LogP contribution >= 0.6 is 0 Å². The molecule has 0 aliphatic carbocycles. The monoisotopic (exact) mass is 247 g/mol. The van der Waals surface area contributed by atoms with Gasteiger partial charge >= 0.3 is 0 Å². The highest BCUT2D eigenvalue weighted by molar-refractivity contribution is 6.02. The maximum absolute atomic E-state index is 13.3. The van der Waals surface area contributed by atoms with E-state index in [0.29, 0.717) is 5.82 Å². The van der Waals surface area contributed by atoms with Crippen LogP contribution in [0.3, 0.4) is 0 Å². The van der Waals surface area contributed by atoms with Crippen LogP contribution in [0, 0.1) is 5.82 Å². The maximum Gasteiger partial charge on any atom is 0.276 e. The number of halogens is 1. The third-order valence-electron chi connectivity index (χ3n) is 2.17. The fraction of sp³-hybridized carbons (Fsp3) is 0. The molecule has 1 aromatic heterocycles. The number of nitrogen functional groups attached to an aromatic ring is 1. The third-order valence-corrected chi connectivity index (χ3v) is 2.17. The first-order valence-electron chi connectivity index (χ1n) is 5.07. The van der Waals surface area contributed by atoms with E-state index in [1.165, 1.54) is 30.3 Å². The summed E-state index contributed by atoms with van der Waals surface area (Å²) >= 11 is 0. The molecule has 0 spiro atoms. The van der Waals surface area contributed by atoms with Crippen LogP contribution in [0.5, 0.6) is 0 Å². The van der Waals surface area contributed by atoms with Crippen LogP contribution in [0.15, 0.2) is 36.4 Å². The summed E-state index contributed by atoms with van der Waals surface area (Å²) < 4.78 is 13.3. The Labute approximate surface area is 102 Å². The van der Waals surface area contributed by atoms with Crippen LogP contribution in [0.25, 0.3) is 0 Å². The fourth-order valence-electron chi connectivity index (χ4n) is 1.28. The molecular formula is C11H10FN5O. The topological polar surface area (TPSA) is 92.9 Å². The molecule has 4 N–H and O–H groups in total. The molecule has 2 aromatic rings. The van der Waals surface area contributed by atoms with E-state index in [1.54, 1.807) is 6.07 Å². The highest BCUT2D eigenvalue weighted by atomic mass is 19.1. The summed E-state index contributed by atoms with van der Waals surface area (Å²) in [5.41, 5.74) is 2.44. The Hall–Kier alpha value is -2.54. The molecule has 1 aromatic carbocycles. The minimum Gasteiger partial charge on any atom is -0.318 e. The van der Waals surface area contributed by atoms with Gasteiger partial charge in [-0.15, -0.1) is 10.2 Å². The lowest BCUT2D eigenvalue weighted by molar-refractivity contribution is 0.102. The van der Waals surface area contributed by atoms with Gasteiger partial charge in [0, 0.05) is 0 Å². The van der Waals surface area contributed by atoms with Gasteiger partial charge in [-0.1, -0.05) is 12.1 Å². The number of nitrogens with one attached hydrogen (secondary N) is 2. The van der Waals surface area contributed by atoms with Gasteiger partial charge in [0.25, 0.3) is 5.91 Å². The van der Waals surface area contributed by atoms with E-state index in [2.05, 4.69) is 20.9 Å². The summed E-state index contributed by atoms with van der Waals surface area (Å²) in [7, 11) is 0. The van der Waals surface area contributed by atoms with Crippen LogP contribution in [-0.2, 0) is 0 Å². The zero-order valence-corrected chi connectivity index (χ0v) is 9.22. The van der Waals surface area contributed by atoms with E-state index >= 15 is 0 Å². The molecule has 0 unspecified atom stereocenters. The number of hydrogen-bond acceptors (Lipinski definition) is 5. The van der Waals surface area contributed by atoms with Crippen molar-refractivity contribution >= 4 is 17.4 Å². The summed E-state index contributed by atoms with van der Waals surface area (Å²) in [6.45, 7) is 0. The Morgan fingerprint density at radius 3 is 2.56 bits per heavy atom. The van der Waals surface area contributed by atoms with Gasteiger partial charge in [0.15, 0.2) is 11.5 Å². The van der Waals surface area contributed by atoms with Gasteiger partial charge in [0.1, 0.15) is 5.82 Å². The average Bonchev–Trinajstić information content (AvgIpc) is 2.41. The van der Waals surface area contributed by atoms with Crippen LogP contribution in [-0.4, -0.2) is 16.1 Å². The zero-order chi connectivity index (χ0) is 13.0. The minimum absolute atomic E-state index is 0.0669. The number of nitrogens with two attached hydrogens (primary N) is 1. The van der Waals surface area contributed by atoms with Crippen molar-refractivity contribution in [1.29, 1.82) is 0 Å². The SMILES string of the molecule is NNc1ccc(C(=O)Nc2ccccc2F)nn1. The van der Waals surface area contributed by atoms with Crippen molar-refractivity contribution in [2.24, 2.45) is 5.84 Å². The Morgan fingerprint density at radius 2 is 1.94 bits per heavy atom. The molecule has 1 amide bonds. The summed E-state index contributed by atoms with van der Waals surface area (Å²) in [4.78, 5) is 11.7. The number of anilines is 2. The Morgan fingerprint density at radius 1 is 1.17 bits per heavy atom. The van der Waals surface area contributed by atoms with E-state index < -0.39 is 11.7 Å². The molecule has 0 fully saturated rings. The first-order valence-corrected chi connectivity index (χ1v) is 5.07. The maximum atomic E-state index is 13.3. The predicted molar refractivity (Wildman–Crippen MR) is 64.2 cm³/mol. The Kier molecular flexibility index (Phi) is 3.44. The number of rotatable bonds is 3. The van der Waals surface area contributed by atoms with E-state index in [0.717, 1.165) is 0 Å². The molecule has 0 saturated carbocycles. The molecule has 7 heteroatoms. The highest BCUT2D eigenvalue weighted by Crippen LogP contribution is 2.13. The molecule has 0 bridgehead atoms. The number of para-hydroxylation sites is 1. The number of amides is 1. The standard InChI is InChI=1S/C11H10FN5O/c12-7-3-1-2-4-8(7)14-11(18)9-5-6-10(15-13)17-16-9/h1-6H,13H2,(H,14,18)(H,15,17). The van der Waals surface area contributed by atoms with Gasteiger partial charge in [0.2, 0.25) is 0 Å². The molecule has 0 radical (unpaired) electrons. The minimum atomic E-state index is -0.545. The fourth-order valence-corrected chi connectivity index (χ4v) is 1.28. The quantitative estimate of drug-likeness (QED) is 0.559. The van der Waals surface area contributed by atoms with Gasteiger partial charge in [-0.05, 0) is 24.3 Å². The number of carbonyl (C=O) groups is 1. The smallest absolute Gasteiger partial charge is 0.276 e. The van der Waals surface area contributed by atoms with Crippen molar-refractivity contribution < 1.29 is 9.18 Å². The van der Waals surface area contributed by atoms with Gasteiger partial charge in [-0.2, -0.15) is 0 Å². The van der Waals surface area contributed by atoms with E-state index in [9.17, 15) is 9.18 Å². The molecule has 0 aliphatic rings. The number of aromatic nitrogens is 2. The number of carbonyl (C=O) groups excluding carboxylic acids is 1. The Balaban J connectivity index is 2.14. The number of hydrogen-bond donors (Lipinski definition) is 3. The van der Waals surface area contributed by atoms with E-state index in [1.807, 2.05) is 0 Å². The summed E-state index contributed by atoms with van der Waals surface area (Å²) in [6.07, 6.45) is 0. The molecule has 0 atom stereocenters. The van der Waals surface area contributed by atoms with Gasteiger partial charge in [0.05, 0.1) is 5.69 Å². The summed E-state index contributed by atoms with van der Waals surface area (Å²) in [5.74, 6) is 4.39. The zero-order valence-electron chi connectivity index (χ0n) is 9.22. The third kappa shape index (κ3) is 2.58. The molecule has 0 saturated heterocycles. The van der Waals surface area contributed by atoms with Crippen molar-refractivity contribution in [3.63, 3.8) is 0 Å². The largest absolute Gasteiger partial charge is 0.318 e. The number of hydrazine groups is 1. The second-order valence-corrected chi connectivity index (χ2v) is 3.38. The van der Waals surface area contributed by atoms with E-state index in [-0.39, 0.29) is 11.4 Å². The van der Waals surface area contributed by atoms with Crippen LogP contribution in [0.4, 0.5) is 15.9 Å². The van der Waals surface area contributed by atoms with Gasteiger partial charge in [-0.3, -0.25) is 4.79 Å². The summed E-state index contributed by atoms with van der Waals surface area (Å²) in [6, 6.07) is 8.78. The molecule has 0 aliphatic heterocycles. The second kappa shape index (κ2) is 5.19. The second-order valence-electron chi connectivity index (χ2n) is 3.38. The van der Waals surface area contributed by atoms with Crippen molar-refractivity contribution in [2.75, 3.05) is 10.7 Å². The normalized spacial score (nSPS) is 9.89.